The van der Waals surface area contributed by atoms with E-state index >= 15 is 0 Å². The minimum Gasteiger partial charge on any atom is -0.481 e. The summed E-state index contributed by atoms with van der Waals surface area (Å²) in [4.78, 5) is 4.27. The second-order valence-corrected chi connectivity index (χ2v) is 7.88. The van der Waals surface area contributed by atoms with Gasteiger partial charge in [0.05, 0.1) is 17.8 Å². The highest BCUT2D eigenvalue weighted by molar-refractivity contribution is 7.88. The lowest BCUT2D eigenvalue weighted by Crippen LogP contribution is -2.25. The van der Waals surface area contributed by atoms with Crippen molar-refractivity contribution in [3.8, 4) is 17.6 Å². The number of nitrogens with zero attached hydrogens (tertiary/aromatic N) is 1. The lowest BCUT2D eigenvalue weighted by molar-refractivity contribution is 0.370. The van der Waals surface area contributed by atoms with Gasteiger partial charge in [-0.3, -0.25) is 4.98 Å². The Morgan fingerprint density at radius 1 is 1.07 bits per heavy atom. The van der Waals surface area contributed by atoms with E-state index in [4.69, 9.17) is 4.74 Å². The number of benzene rings is 2. The van der Waals surface area contributed by atoms with Crippen molar-refractivity contribution in [1.82, 2.24) is 9.71 Å². The molecule has 0 bridgehead atoms. The molecule has 0 unspecified atom stereocenters. The van der Waals surface area contributed by atoms with E-state index in [2.05, 4.69) is 21.5 Å². The summed E-state index contributed by atoms with van der Waals surface area (Å²) in [6.45, 7) is 2.16. The van der Waals surface area contributed by atoms with Gasteiger partial charge in [-0.2, -0.15) is 0 Å². The first-order chi connectivity index (χ1) is 13.0. The molecule has 1 aromatic heterocycles. The molecular weight excluding hydrogens is 360 g/mol. The minimum atomic E-state index is -3.42. The van der Waals surface area contributed by atoms with Crippen LogP contribution >= 0.6 is 0 Å². The fraction of sp³-hybridized carbons (Fsp3) is 0.190. The van der Waals surface area contributed by atoms with Crippen molar-refractivity contribution in [2.75, 3.05) is 13.2 Å². The molecule has 3 aromatic rings. The van der Waals surface area contributed by atoms with E-state index < -0.39 is 10.0 Å². The summed E-state index contributed by atoms with van der Waals surface area (Å²) >= 11 is 0. The molecular formula is C21H20N2O3S. The van der Waals surface area contributed by atoms with Crippen molar-refractivity contribution < 1.29 is 13.2 Å². The Hall–Kier alpha value is -2.88. The predicted molar refractivity (Wildman–Crippen MR) is 107 cm³/mol. The molecule has 0 aliphatic rings. The summed E-state index contributed by atoms with van der Waals surface area (Å²) in [5, 5.41) is 1.04. The molecule has 0 spiro atoms. The first-order valence-corrected chi connectivity index (χ1v) is 10.1. The van der Waals surface area contributed by atoms with E-state index in [1.807, 2.05) is 55.5 Å². The number of aryl methyl sites for hydroxylation is 1. The second-order valence-electron chi connectivity index (χ2n) is 6.07. The molecule has 27 heavy (non-hydrogen) atoms. The molecule has 0 saturated heterocycles. The van der Waals surface area contributed by atoms with Gasteiger partial charge in [0.1, 0.15) is 12.4 Å². The third-order valence-electron chi connectivity index (χ3n) is 3.83. The molecule has 1 heterocycles. The molecule has 0 fully saturated rings. The van der Waals surface area contributed by atoms with Gasteiger partial charge >= 0.3 is 0 Å². The molecule has 3 rings (SSSR count). The van der Waals surface area contributed by atoms with Crippen LogP contribution in [0, 0.1) is 18.8 Å². The maximum absolute atomic E-state index is 12.1. The zero-order valence-corrected chi connectivity index (χ0v) is 15.8. The molecule has 1 N–H and O–H groups in total. The average Bonchev–Trinajstić information content (AvgIpc) is 2.64. The van der Waals surface area contributed by atoms with Gasteiger partial charge in [0.2, 0.25) is 10.0 Å². The molecule has 0 saturated carbocycles. The van der Waals surface area contributed by atoms with Crippen molar-refractivity contribution in [2.45, 2.75) is 12.7 Å². The van der Waals surface area contributed by atoms with Crippen molar-refractivity contribution >= 4 is 20.9 Å². The largest absolute Gasteiger partial charge is 0.481 e. The van der Waals surface area contributed by atoms with Crippen molar-refractivity contribution in [3.63, 3.8) is 0 Å². The highest BCUT2D eigenvalue weighted by Gasteiger charge is 2.10. The van der Waals surface area contributed by atoms with Crippen LogP contribution in [0.25, 0.3) is 10.9 Å². The number of pyridine rings is 1. The van der Waals surface area contributed by atoms with E-state index in [-0.39, 0.29) is 18.9 Å². The Labute approximate surface area is 159 Å². The second kappa shape index (κ2) is 8.67. The molecule has 5 nitrogen and oxygen atoms in total. The van der Waals surface area contributed by atoms with Gasteiger partial charge in [-0.15, -0.1) is 0 Å². The Kier molecular flexibility index (Phi) is 6.07. The van der Waals surface area contributed by atoms with E-state index in [0.29, 0.717) is 5.75 Å². The van der Waals surface area contributed by atoms with Gasteiger partial charge in [0.15, 0.2) is 0 Å². The van der Waals surface area contributed by atoms with E-state index in [0.717, 1.165) is 22.0 Å². The third-order valence-corrected chi connectivity index (χ3v) is 5.13. The van der Waals surface area contributed by atoms with Gasteiger partial charge in [-0.05, 0) is 30.7 Å². The minimum absolute atomic E-state index is 0.0524. The number of rotatable bonds is 6. The van der Waals surface area contributed by atoms with Crippen LogP contribution in [-0.4, -0.2) is 26.6 Å². The van der Waals surface area contributed by atoms with Gasteiger partial charge in [0.25, 0.3) is 0 Å². The molecule has 0 aliphatic heterocycles. The number of fused-ring (bicyclic) bond motifs is 1. The van der Waals surface area contributed by atoms with Gasteiger partial charge in [-0.1, -0.05) is 47.7 Å². The van der Waals surface area contributed by atoms with Crippen LogP contribution < -0.4 is 9.46 Å². The molecule has 0 atom stereocenters. The molecule has 138 valence electrons. The monoisotopic (exact) mass is 380 g/mol. The Morgan fingerprint density at radius 3 is 2.81 bits per heavy atom. The maximum Gasteiger partial charge on any atom is 0.216 e. The summed E-state index contributed by atoms with van der Waals surface area (Å²) in [6, 6.07) is 16.9. The number of sulfonamides is 1. The topological polar surface area (TPSA) is 68.3 Å². The summed E-state index contributed by atoms with van der Waals surface area (Å²) in [5.74, 6) is 6.19. The van der Waals surface area contributed by atoms with Crippen molar-refractivity contribution in [3.05, 3.63) is 71.9 Å². The van der Waals surface area contributed by atoms with Crippen LogP contribution in [0.2, 0.25) is 0 Å². The molecule has 0 radical (unpaired) electrons. The van der Waals surface area contributed by atoms with Gasteiger partial charge in [0, 0.05) is 17.6 Å². The van der Waals surface area contributed by atoms with Crippen LogP contribution in [0.5, 0.6) is 5.75 Å². The SMILES string of the molecule is Cc1cccc(CS(=O)(=O)NCC#CCOc2ccc3cccnc3c2)c1. The zero-order valence-electron chi connectivity index (χ0n) is 15.0. The quantitative estimate of drug-likeness (QED) is 0.668. The fourth-order valence-corrected chi connectivity index (χ4v) is 3.60. The number of ether oxygens (including phenoxy) is 1. The van der Waals surface area contributed by atoms with Crippen LogP contribution in [0.15, 0.2) is 60.8 Å². The fourth-order valence-electron chi connectivity index (χ4n) is 2.59. The number of hydrogen-bond donors (Lipinski definition) is 1. The summed E-state index contributed by atoms with van der Waals surface area (Å²) in [7, 11) is -3.42. The Morgan fingerprint density at radius 2 is 1.96 bits per heavy atom. The lowest BCUT2D eigenvalue weighted by Gasteiger charge is -2.05. The first kappa shape index (κ1) is 18.9. The van der Waals surface area contributed by atoms with Crippen molar-refractivity contribution in [1.29, 1.82) is 0 Å². The lowest BCUT2D eigenvalue weighted by atomic mass is 10.2. The zero-order chi connectivity index (χ0) is 19.1. The van der Waals surface area contributed by atoms with E-state index in [9.17, 15) is 8.42 Å². The molecule has 0 aliphatic carbocycles. The average molecular weight is 380 g/mol. The van der Waals surface area contributed by atoms with Gasteiger partial charge in [-0.25, -0.2) is 13.1 Å². The molecule has 2 aromatic carbocycles. The number of hydrogen-bond acceptors (Lipinski definition) is 4. The third kappa shape index (κ3) is 5.81. The summed E-state index contributed by atoms with van der Waals surface area (Å²) < 4.78 is 32.2. The smallest absolute Gasteiger partial charge is 0.216 e. The van der Waals surface area contributed by atoms with E-state index in [1.54, 1.807) is 12.3 Å². The molecule has 0 amide bonds. The highest BCUT2D eigenvalue weighted by atomic mass is 32.2. The summed E-state index contributed by atoms with van der Waals surface area (Å²) in [5.41, 5.74) is 2.64. The van der Waals surface area contributed by atoms with Crippen LogP contribution in [0.3, 0.4) is 0 Å². The Balaban J connectivity index is 1.47. The van der Waals surface area contributed by atoms with Gasteiger partial charge < -0.3 is 4.74 Å². The normalized spacial score (nSPS) is 11.0. The summed E-state index contributed by atoms with van der Waals surface area (Å²) in [6.07, 6.45) is 1.73. The first-order valence-electron chi connectivity index (χ1n) is 8.48. The number of aromatic nitrogens is 1. The van der Waals surface area contributed by atoms with Crippen LogP contribution in [0.4, 0.5) is 0 Å². The molecule has 6 heteroatoms. The highest BCUT2D eigenvalue weighted by Crippen LogP contribution is 2.18. The predicted octanol–water partition coefficient (Wildman–Crippen LogP) is 3.05. The van der Waals surface area contributed by atoms with Crippen molar-refractivity contribution in [2.24, 2.45) is 0 Å². The van der Waals surface area contributed by atoms with Crippen LogP contribution in [-0.2, 0) is 15.8 Å². The van der Waals surface area contributed by atoms with E-state index in [1.165, 1.54) is 0 Å². The Bertz CT molecular complexity index is 1100. The maximum atomic E-state index is 12.1. The van der Waals surface area contributed by atoms with Crippen LogP contribution in [0.1, 0.15) is 11.1 Å². The number of nitrogens with one attached hydrogen (secondary N) is 1. The standard InChI is InChI=1S/C21H20N2O3S/c1-17-6-4-7-18(14-17)16-27(24,25)23-12-2-3-13-26-20-10-9-19-8-5-11-22-21(19)15-20/h4-11,14-15,23H,12-13,16H2,1H3.